The number of piperazine rings is 1. The summed E-state index contributed by atoms with van der Waals surface area (Å²) < 4.78 is 5.33. The van der Waals surface area contributed by atoms with Gasteiger partial charge in [-0.05, 0) is 18.7 Å². The minimum absolute atomic E-state index is 0.195. The molecule has 100 valence electrons. The molecule has 2 aromatic rings. The molecule has 3 heterocycles. The summed E-state index contributed by atoms with van der Waals surface area (Å²) in [6, 6.07) is 4.11. The fourth-order valence-electron chi connectivity index (χ4n) is 2.25. The Morgan fingerprint density at radius 2 is 2.47 bits per heavy atom. The van der Waals surface area contributed by atoms with Crippen molar-refractivity contribution in [1.82, 2.24) is 25.3 Å². The van der Waals surface area contributed by atoms with Crippen LogP contribution in [0.3, 0.4) is 0 Å². The SMILES string of the molecule is CN1CCNCC1c1noc(Cc2cccnc2)n1. The van der Waals surface area contributed by atoms with Crippen molar-refractivity contribution in [2.24, 2.45) is 0 Å². The molecule has 19 heavy (non-hydrogen) atoms. The lowest BCUT2D eigenvalue weighted by atomic mass is 10.2. The molecule has 0 aromatic carbocycles. The van der Waals surface area contributed by atoms with Crippen LogP contribution in [0.2, 0.25) is 0 Å². The Morgan fingerprint density at radius 3 is 3.26 bits per heavy atom. The molecule has 1 atom stereocenters. The average molecular weight is 259 g/mol. The van der Waals surface area contributed by atoms with Crippen LogP contribution in [-0.4, -0.2) is 46.7 Å². The number of aromatic nitrogens is 3. The Hall–Kier alpha value is -1.79. The molecule has 1 aliphatic heterocycles. The van der Waals surface area contributed by atoms with E-state index in [9.17, 15) is 0 Å². The first kappa shape index (κ1) is 12.3. The highest BCUT2D eigenvalue weighted by atomic mass is 16.5. The van der Waals surface area contributed by atoms with Gasteiger partial charge in [0.1, 0.15) is 0 Å². The lowest BCUT2D eigenvalue weighted by Crippen LogP contribution is -2.44. The lowest BCUT2D eigenvalue weighted by molar-refractivity contribution is 0.190. The molecule has 0 radical (unpaired) electrons. The van der Waals surface area contributed by atoms with E-state index in [0.717, 1.165) is 31.0 Å². The number of nitrogens with one attached hydrogen (secondary N) is 1. The van der Waals surface area contributed by atoms with Crippen molar-refractivity contribution in [3.63, 3.8) is 0 Å². The normalized spacial score (nSPS) is 20.6. The van der Waals surface area contributed by atoms with E-state index < -0.39 is 0 Å². The molecule has 1 saturated heterocycles. The van der Waals surface area contributed by atoms with E-state index in [-0.39, 0.29) is 6.04 Å². The molecule has 3 rings (SSSR count). The highest BCUT2D eigenvalue weighted by Crippen LogP contribution is 2.18. The molecule has 1 fully saturated rings. The molecule has 0 bridgehead atoms. The van der Waals surface area contributed by atoms with Gasteiger partial charge in [-0.2, -0.15) is 4.98 Å². The van der Waals surface area contributed by atoms with Gasteiger partial charge < -0.3 is 9.84 Å². The smallest absolute Gasteiger partial charge is 0.231 e. The van der Waals surface area contributed by atoms with Gasteiger partial charge in [0, 0.05) is 32.0 Å². The van der Waals surface area contributed by atoms with Gasteiger partial charge >= 0.3 is 0 Å². The van der Waals surface area contributed by atoms with E-state index in [0.29, 0.717) is 12.3 Å². The van der Waals surface area contributed by atoms with Crippen LogP contribution in [0.15, 0.2) is 29.0 Å². The summed E-state index contributed by atoms with van der Waals surface area (Å²) in [6.45, 7) is 2.87. The van der Waals surface area contributed by atoms with Crippen LogP contribution >= 0.6 is 0 Å². The molecule has 0 amide bonds. The third-order valence-corrected chi connectivity index (χ3v) is 3.37. The second kappa shape index (κ2) is 5.46. The van der Waals surface area contributed by atoms with Gasteiger partial charge in [-0.3, -0.25) is 9.88 Å². The fraction of sp³-hybridized carbons (Fsp3) is 0.462. The molecule has 0 aliphatic carbocycles. The van der Waals surface area contributed by atoms with Gasteiger partial charge in [-0.15, -0.1) is 0 Å². The number of rotatable bonds is 3. The van der Waals surface area contributed by atoms with Crippen molar-refractivity contribution < 1.29 is 4.52 Å². The maximum Gasteiger partial charge on any atom is 0.231 e. The van der Waals surface area contributed by atoms with Crippen molar-refractivity contribution in [1.29, 1.82) is 0 Å². The van der Waals surface area contributed by atoms with Crippen LogP contribution in [0.1, 0.15) is 23.3 Å². The highest BCUT2D eigenvalue weighted by molar-refractivity contribution is 5.13. The van der Waals surface area contributed by atoms with E-state index >= 15 is 0 Å². The molecule has 1 aliphatic rings. The minimum atomic E-state index is 0.195. The maximum absolute atomic E-state index is 5.33. The van der Waals surface area contributed by atoms with Crippen molar-refractivity contribution in [2.45, 2.75) is 12.5 Å². The van der Waals surface area contributed by atoms with Crippen molar-refractivity contribution in [3.05, 3.63) is 41.8 Å². The van der Waals surface area contributed by atoms with Crippen LogP contribution in [-0.2, 0) is 6.42 Å². The Morgan fingerprint density at radius 1 is 1.53 bits per heavy atom. The fourth-order valence-corrected chi connectivity index (χ4v) is 2.25. The van der Waals surface area contributed by atoms with E-state index in [1.165, 1.54) is 0 Å². The van der Waals surface area contributed by atoms with Crippen LogP contribution < -0.4 is 5.32 Å². The Kier molecular flexibility index (Phi) is 3.52. The summed E-state index contributed by atoms with van der Waals surface area (Å²) in [5.41, 5.74) is 1.08. The van der Waals surface area contributed by atoms with E-state index in [2.05, 4.69) is 32.4 Å². The molecular weight excluding hydrogens is 242 g/mol. The minimum Gasteiger partial charge on any atom is -0.339 e. The standard InChI is InChI=1S/C13H17N5O/c1-18-6-5-15-9-11(18)13-16-12(19-17-13)7-10-3-2-4-14-8-10/h2-4,8,11,15H,5-7,9H2,1H3. The van der Waals surface area contributed by atoms with E-state index in [1.807, 2.05) is 18.3 Å². The molecule has 2 aromatic heterocycles. The first-order valence-corrected chi connectivity index (χ1v) is 6.45. The quantitative estimate of drug-likeness (QED) is 0.872. The molecule has 0 saturated carbocycles. The first-order valence-electron chi connectivity index (χ1n) is 6.45. The van der Waals surface area contributed by atoms with Gasteiger partial charge in [0.15, 0.2) is 5.82 Å². The largest absolute Gasteiger partial charge is 0.339 e. The zero-order valence-electron chi connectivity index (χ0n) is 10.9. The van der Waals surface area contributed by atoms with Crippen molar-refractivity contribution in [2.75, 3.05) is 26.7 Å². The summed E-state index contributed by atoms with van der Waals surface area (Å²) in [7, 11) is 2.09. The van der Waals surface area contributed by atoms with Crippen molar-refractivity contribution in [3.8, 4) is 0 Å². The van der Waals surface area contributed by atoms with Crippen LogP contribution in [0.5, 0.6) is 0 Å². The zero-order chi connectivity index (χ0) is 13.1. The van der Waals surface area contributed by atoms with Gasteiger partial charge in [0.25, 0.3) is 0 Å². The van der Waals surface area contributed by atoms with Crippen LogP contribution in [0.4, 0.5) is 0 Å². The third-order valence-electron chi connectivity index (χ3n) is 3.37. The van der Waals surface area contributed by atoms with Gasteiger partial charge in [0.05, 0.1) is 12.5 Å². The lowest BCUT2D eigenvalue weighted by Gasteiger charge is -2.30. The molecule has 1 unspecified atom stereocenters. The second-order valence-electron chi connectivity index (χ2n) is 4.78. The maximum atomic E-state index is 5.33. The number of hydrogen-bond acceptors (Lipinski definition) is 6. The van der Waals surface area contributed by atoms with Crippen LogP contribution in [0, 0.1) is 0 Å². The predicted molar refractivity (Wildman–Crippen MR) is 69.6 cm³/mol. The first-order chi connectivity index (χ1) is 9.33. The van der Waals surface area contributed by atoms with Gasteiger partial charge in [0.2, 0.25) is 5.89 Å². The Labute approximate surface area is 111 Å². The molecular formula is C13H17N5O. The summed E-state index contributed by atoms with van der Waals surface area (Å²) in [5.74, 6) is 1.40. The number of hydrogen-bond donors (Lipinski definition) is 1. The number of nitrogens with zero attached hydrogens (tertiary/aromatic N) is 4. The molecule has 0 spiro atoms. The molecule has 1 N–H and O–H groups in total. The Bertz CT molecular complexity index is 527. The molecule has 6 heteroatoms. The van der Waals surface area contributed by atoms with E-state index in [1.54, 1.807) is 6.20 Å². The summed E-state index contributed by atoms with van der Waals surface area (Å²) in [4.78, 5) is 10.8. The monoisotopic (exact) mass is 259 g/mol. The van der Waals surface area contributed by atoms with Crippen molar-refractivity contribution >= 4 is 0 Å². The van der Waals surface area contributed by atoms with Gasteiger partial charge in [-0.1, -0.05) is 11.2 Å². The Balaban J connectivity index is 1.72. The second-order valence-corrected chi connectivity index (χ2v) is 4.78. The van der Waals surface area contributed by atoms with Crippen LogP contribution in [0.25, 0.3) is 0 Å². The summed E-state index contributed by atoms with van der Waals surface area (Å²) >= 11 is 0. The molecule has 6 nitrogen and oxygen atoms in total. The predicted octanol–water partition coefficient (Wildman–Crippen LogP) is 0.631. The topological polar surface area (TPSA) is 67.1 Å². The zero-order valence-corrected chi connectivity index (χ0v) is 10.9. The average Bonchev–Trinajstić information content (AvgIpc) is 2.89. The number of likely N-dealkylation sites (N-methyl/N-ethyl adjacent to an activating group) is 1. The number of pyridine rings is 1. The summed E-state index contributed by atoms with van der Waals surface area (Å²) in [5, 5.41) is 7.45. The van der Waals surface area contributed by atoms with Gasteiger partial charge in [-0.25, -0.2) is 0 Å². The summed E-state index contributed by atoms with van der Waals surface area (Å²) in [6.07, 6.45) is 4.20. The highest BCUT2D eigenvalue weighted by Gasteiger charge is 2.25. The van der Waals surface area contributed by atoms with E-state index in [4.69, 9.17) is 4.52 Å². The third kappa shape index (κ3) is 2.80.